The van der Waals surface area contributed by atoms with Gasteiger partial charge in [-0.3, -0.25) is 4.98 Å². The first-order valence-corrected chi connectivity index (χ1v) is 4.40. The number of rotatable bonds is 3. The van der Waals surface area contributed by atoms with Gasteiger partial charge in [0.1, 0.15) is 5.76 Å². The zero-order valence-electron chi connectivity index (χ0n) is 7.90. The van der Waals surface area contributed by atoms with E-state index >= 15 is 0 Å². The van der Waals surface area contributed by atoms with Gasteiger partial charge in [0, 0.05) is 18.1 Å². The lowest BCUT2D eigenvalue weighted by atomic mass is 10.4. The third-order valence-electron chi connectivity index (χ3n) is 1.79. The quantitative estimate of drug-likeness (QED) is 0.802. The molecule has 2 aromatic heterocycles. The third-order valence-corrected chi connectivity index (χ3v) is 1.79. The molecule has 0 bridgehead atoms. The van der Waals surface area contributed by atoms with Crippen molar-refractivity contribution in [2.75, 3.05) is 5.32 Å². The summed E-state index contributed by atoms with van der Waals surface area (Å²) in [5.41, 5.74) is 1.01. The maximum atomic E-state index is 5.32. The average Bonchev–Trinajstić information content (AvgIpc) is 2.63. The molecule has 0 saturated carbocycles. The summed E-state index contributed by atoms with van der Waals surface area (Å²) >= 11 is 0. The number of pyridine rings is 1. The maximum absolute atomic E-state index is 5.32. The van der Waals surface area contributed by atoms with Crippen molar-refractivity contribution in [2.24, 2.45) is 0 Å². The number of anilines is 1. The molecule has 0 amide bonds. The average molecular weight is 189 g/mol. The predicted octanol–water partition coefficient (Wildman–Crippen LogP) is 1.99. The minimum atomic E-state index is 0.595. The van der Waals surface area contributed by atoms with E-state index in [1.807, 2.05) is 19.1 Å². The van der Waals surface area contributed by atoms with Gasteiger partial charge in [0.05, 0.1) is 12.7 Å². The van der Waals surface area contributed by atoms with E-state index in [0.29, 0.717) is 12.4 Å². The molecule has 0 spiro atoms. The number of hydrogen-bond acceptors (Lipinski definition) is 4. The van der Waals surface area contributed by atoms with Crippen molar-refractivity contribution in [3.63, 3.8) is 0 Å². The zero-order chi connectivity index (χ0) is 9.80. The number of nitrogens with one attached hydrogen (secondary N) is 1. The summed E-state index contributed by atoms with van der Waals surface area (Å²) in [6, 6.07) is 3.80. The molecular formula is C10H11N3O. The second kappa shape index (κ2) is 3.91. The molecule has 72 valence electrons. The lowest BCUT2D eigenvalue weighted by Gasteiger charge is -2.01. The number of hydrogen-bond donors (Lipinski definition) is 1. The van der Waals surface area contributed by atoms with Crippen LogP contribution in [0.25, 0.3) is 0 Å². The minimum Gasteiger partial charge on any atom is -0.444 e. The van der Waals surface area contributed by atoms with E-state index in [2.05, 4.69) is 15.3 Å². The molecular weight excluding hydrogens is 178 g/mol. The fourth-order valence-electron chi connectivity index (χ4n) is 1.13. The Balaban J connectivity index is 1.95. The van der Waals surface area contributed by atoms with Gasteiger partial charge in [-0.15, -0.1) is 0 Å². The summed E-state index contributed by atoms with van der Waals surface area (Å²) in [7, 11) is 0. The Hall–Kier alpha value is -1.84. The summed E-state index contributed by atoms with van der Waals surface area (Å²) in [5, 5.41) is 3.18. The van der Waals surface area contributed by atoms with E-state index in [-0.39, 0.29) is 0 Å². The van der Waals surface area contributed by atoms with Crippen molar-refractivity contribution in [3.05, 3.63) is 42.4 Å². The summed E-state index contributed by atoms with van der Waals surface area (Å²) < 4.78 is 5.32. The summed E-state index contributed by atoms with van der Waals surface area (Å²) in [4.78, 5) is 8.01. The molecule has 0 unspecified atom stereocenters. The van der Waals surface area contributed by atoms with Crippen LogP contribution in [-0.2, 0) is 6.54 Å². The monoisotopic (exact) mass is 189 g/mol. The zero-order valence-corrected chi connectivity index (χ0v) is 7.90. The normalized spacial score (nSPS) is 10.1. The Bertz CT molecular complexity index is 397. The van der Waals surface area contributed by atoms with Crippen molar-refractivity contribution in [3.8, 4) is 0 Å². The Labute approximate surface area is 82.0 Å². The highest BCUT2D eigenvalue weighted by Gasteiger charge is 1.99. The second-order valence-electron chi connectivity index (χ2n) is 2.95. The first-order chi connectivity index (χ1) is 6.84. The van der Waals surface area contributed by atoms with Crippen LogP contribution in [0.4, 0.5) is 5.69 Å². The summed E-state index contributed by atoms with van der Waals surface area (Å²) in [6.45, 7) is 2.47. The van der Waals surface area contributed by atoms with E-state index in [0.717, 1.165) is 11.4 Å². The van der Waals surface area contributed by atoms with E-state index in [1.54, 1.807) is 18.6 Å². The van der Waals surface area contributed by atoms with Crippen LogP contribution in [0, 0.1) is 6.92 Å². The van der Waals surface area contributed by atoms with E-state index in [9.17, 15) is 0 Å². The number of aryl methyl sites for hydroxylation is 1. The second-order valence-corrected chi connectivity index (χ2v) is 2.95. The Morgan fingerprint density at radius 1 is 1.36 bits per heavy atom. The van der Waals surface area contributed by atoms with E-state index in [1.165, 1.54) is 0 Å². The van der Waals surface area contributed by atoms with Gasteiger partial charge in [-0.05, 0) is 19.1 Å². The van der Waals surface area contributed by atoms with Crippen molar-refractivity contribution in [1.82, 2.24) is 9.97 Å². The number of aromatic nitrogens is 2. The Morgan fingerprint density at radius 3 is 2.79 bits per heavy atom. The largest absolute Gasteiger partial charge is 0.444 e. The van der Waals surface area contributed by atoms with Crippen LogP contribution in [0.2, 0.25) is 0 Å². The summed E-state index contributed by atoms with van der Waals surface area (Å²) in [5.74, 6) is 1.52. The standard InChI is InChI=1S/C10H11N3O/c1-8-6-13-10(14-8)7-12-9-2-4-11-5-3-9/h2-6H,7H2,1H3,(H,11,12). The van der Waals surface area contributed by atoms with Crippen molar-refractivity contribution in [2.45, 2.75) is 13.5 Å². The van der Waals surface area contributed by atoms with Gasteiger partial charge in [0.15, 0.2) is 0 Å². The highest BCUT2D eigenvalue weighted by atomic mass is 16.4. The molecule has 14 heavy (non-hydrogen) atoms. The van der Waals surface area contributed by atoms with Gasteiger partial charge in [0.25, 0.3) is 0 Å². The fourth-order valence-corrected chi connectivity index (χ4v) is 1.13. The lowest BCUT2D eigenvalue weighted by molar-refractivity contribution is 0.479. The molecule has 0 atom stereocenters. The molecule has 2 rings (SSSR count). The number of nitrogens with zero attached hydrogens (tertiary/aromatic N) is 2. The predicted molar refractivity (Wildman–Crippen MR) is 52.8 cm³/mol. The Morgan fingerprint density at radius 2 is 2.14 bits per heavy atom. The first kappa shape index (κ1) is 8.74. The first-order valence-electron chi connectivity index (χ1n) is 4.40. The van der Waals surface area contributed by atoms with Crippen molar-refractivity contribution in [1.29, 1.82) is 0 Å². The molecule has 0 saturated heterocycles. The van der Waals surface area contributed by atoms with Gasteiger partial charge in [-0.2, -0.15) is 0 Å². The molecule has 4 heteroatoms. The Kier molecular flexibility index (Phi) is 2.44. The number of oxazole rings is 1. The molecule has 0 aromatic carbocycles. The smallest absolute Gasteiger partial charge is 0.213 e. The molecule has 0 fully saturated rings. The molecule has 0 aliphatic heterocycles. The van der Waals surface area contributed by atoms with E-state index < -0.39 is 0 Å². The molecule has 0 aliphatic carbocycles. The third kappa shape index (κ3) is 2.10. The highest BCUT2D eigenvalue weighted by molar-refractivity contribution is 5.40. The van der Waals surface area contributed by atoms with Crippen LogP contribution >= 0.6 is 0 Å². The lowest BCUT2D eigenvalue weighted by Crippen LogP contribution is -1.99. The molecule has 1 N–H and O–H groups in total. The van der Waals surface area contributed by atoms with Gasteiger partial charge >= 0.3 is 0 Å². The molecule has 4 nitrogen and oxygen atoms in total. The molecule has 0 radical (unpaired) electrons. The fraction of sp³-hybridized carbons (Fsp3) is 0.200. The van der Waals surface area contributed by atoms with Crippen LogP contribution in [0.3, 0.4) is 0 Å². The van der Waals surface area contributed by atoms with Gasteiger partial charge in [-0.25, -0.2) is 4.98 Å². The van der Waals surface area contributed by atoms with Crippen LogP contribution in [-0.4, -0.2) is 9.97 Å². The molecule has 0 aliphatic rings. The highest BCUT2D eigenvalue weighted by Crippen LogP contribution is 2.07. The summed E-state index contributed by atoms with van der Waals surface area (Å²) in [6.07, 6.45) is 5.19. The van der Waals surface area contributed by atoms with Gasteiger partial charge in [-0.1, -0.05) is 0 Å². The van der Waals surface area contributed by atoms with Gasteiger partial charge < -0.3 is 9.73 Å². The minimum absolute atomic E-state index is 0.595. The maximum Gasteiger partial charge on any atom is 0.213 e. The SMILES string of the molecule is Cc1cnc(CNc2ccncc2)o1. The van der Waals surface area contributed by atoms with Crippen molar-refractivity contribution >= 4 is 5.69 Å². The molecule has 2 aromatic rings. The van der Waals surface area contributed by atoms with Crippen LogP contribution in [0.1, 0.15) is 11.7 Å². The van der Waals surface area contributed by atoms with Gasteiger partial charge in [0.2, 0.25) is 5.89 Å². The molecule has 2 heterocycles. The van der Waals surface area contributed by atoms with Crippen LogP contribution in [0.5, 0.6) is 0 Å². The van der Waals surface area contributed by atoms with Crippen LogP contribution < -0.4 is 5.32 Å². The topological polar surface area (TPSA) is 51.0 Å². The van der Waals surface area contributed by atoms with Crippen molar-refractivity contribution < 1.29 is 4.42 Å². The van der Waals surface area contributed by atoms with Crippen LogP contribution in [0.15, 0.2) is 35.1 Å². The van der Waals surface area contributed by atoms with E-state index in [4.69, 9.17) is 4.42 Å².